The fourth-order valence-corrected chi connectivity index (χ4v) is 3.40. The molecule has 3 N–H and O–H groups in total. The normalized spacial score (nSPS) is 10.6. The van der Waals surface area contributed by atoms with Crippen LogP contribution in [0, 0.1) is 27.2 Å². The highest BCUT2D eigenvalue weighted by Gasteiger charge is 2.24. The number of nitro groups is 2. The minimum absolute atomic E-state index is 0.0952. The Morgan fingerprint density at radius 1 is 1.00 bits per heavy atom. The number of aryl methyl sites for hydroxylation is 1. The van der Waals surface area contributed by atoms with Gasteiger partial charge in [-0.05, 0) is 43.3 Å². The van der Waals surface area contributed by atoms with Gasteiger partial charge in [0.05, 0.1) is 15.4 Å². The number of hydrogen-bond acceptors (Lipinski definition) is 10. The van der Waals surface area contributed by atoms with Crippen molar-refractivity contribution < 1.29 is 14.6 Å². The molecule has 0 aliphatic rings. The van der Waals surface area contributed by atoms with Crippen LogP contribution in [0.4, 0.5) is 28.7 Å². The predicted molar refractivity (Wildman–Crippen MR) is 128 cm³/mol. The van der Waals surface area contributed by atoms with Crippen molar-refractivity contribution in [3.63, 3.8) is 0 Å². The zero-order chi connectivity index (χ0) is 25.1. The number of nitrogens with one attached hydrogen (secondary N) is 3. The number of aromatic nitrogens is 3. The van der Waals surface area contributed by atoms with Crippen LogP contribution >= 0.6 is 11.6 Å². The zero-order valence-corrected chi connectivity index (χ0v) is 18.6. The van der Waals surface area contributed by atoms with Crippen molar-refractivity contribution in [3.8, 4) is 0 Å². The third kappa shape index (κ3) is 4.89. The number of nitrogens with zero attached hydrogens (tertiary/aromatic N) is 5. The number of amides is 1. The van der Waals surface area contributed by atoms with Crippen LogP contribution in [0.15, 0.2) is 54.9 Å². The van der Waals surface area contributed by atoms with Gasteiger partial charge in [0.2, 0.25) is 11.6 Å². The van der Waals surface area contributed by atoms with E-state index in [-0.39, 0.29) is 22.2 Å². The average Bonchev–Trinajstić information content (AvgIpc) is 2.82. The van der Waals surface area contributed by atoms with Crippen LogP contribution in [0.25, 0.3) is 10.9 Å². The fourth-order valence-electron chi connectivity index (χ4n) is 3.21. The van der Waals surface area contributed by atoms with Crippen LogP contribution < -0.4 is 16.2 Å². The van der Waals surface area contributed by atoms with Crippen molar-refractivity contribution in [2.75, 3.05) is 10.7 Å². The Kier molecular flexibility index (Phi) is 6.33. The number of carbonyl (C=O) groups is 1. The molecule has 0 fully saturated rings. The number of carbonyl (C=O) groups excluding carboxylic acids is 1. The molecular formula is C21H15ClN8O5. The van der Waals surface area contributed by atoms with Gasteiger partial charge < -0.3 is 5.32 Å². The maximum atomic E-state index is 12.5. The lowest BCUT2D eigenvalue weighted by Crippen LogP contribution is -2.30. The second-order valence-electron chi connectivity index (χ2n) is 7.13. The second-order valence-corrected chi connectivity index (χ2v) is 7.54. The smallest absolute Gasteiger partial charge is 0.334 e. The number of pyridine rings is 1. The minimum Gasteiger partial charge on any atom is -0.334 e. The van der Waals surface area contributed by atoms with Gasteiger partial charge >= 0.3 is 5.69 Å². The topological polar surface area (TPSA) is 178 Å². The van der Waals surface area contributed by atoms with Crippen molar-refractivity contribution in [3.05, 3.63) is 91.4 Å². The third-order valence-corrected chi connectivity index (χ3v) is 5.15. The van der Waals surface area contributed by atoms with Crippen LogP contribution in [0.2, 0.25) is 5.02 Å². The Balaban J connectivity index is 1.61. The number of hydrogen-bond donors (Lipinski definition) is 3. The first kappa shape index (κ1) is 23.3. The summed E-state index contributed by atoms with van der Waals surface area (Å²) in [6, 6.07) is 12.4. The van der Waals surface area contributed by atoms with Crippen molar-refractivity contribution in [1.29, 1.82) is 0 Å². The summed E-state index contributed by atoms with van der Waals surface area (Å²) in [6.45, 7) is 1.85. The monoisotopic (exact) mass is 494 g/mol. The summed E-state index contributed by atoms with van der Waals surface area (Å²) in [7, 11) is 0. The Bertz CT molecular complexity index is 1500. The van der Waals surface area contributed by atoms with Crippen LogP contribution in [-0.4, -0.2) is 30.7 Å². The van der Waals surface area contributed by atoms with E-state index in [0.717, 1.165) is 23.5 Å². The van der Waals surface area contributed by atoms with Gasteiger partial charge in [0.15, 0.2) is 0 Å². The van der Waals surface area contributed by atoms with Gasteiger partial charge in [-0.15, -0.1) is 0 Å². The zero-order valence-electron chi connectivity index (χ0n) is 17.9. The maximum absolute atomic E-state index is 12.5. The molecule has 4 rings (SSSR count). The van der Waals surface area contributed by atoms with Gasteiger partial charge in [-0.1, -0.05) is 17.7 Å². The molecule has 0 aliphatic carbocycles. The first-order chi connectivity index (χ1) is 16.7. The number of nitro benzene ring substituents is 1. The van der Waals surface area contributed by atoms with Crippen LogP contribution in [0.3, 0.4) is 0 Å². The molecule has 13 nitrogen and oxygen atoms in total. The summed E-state index contributed by atoms with van der Waals surface area (Å²) in [5.41, 5.74) is 5.56. The van der Waals surface area contributed by atoms with Crippen molar-refractivity contribution >= 4 is 57.1 Å². The number of anilines is 3. The largest absolute Gasteiger partial charge is 0.355 e. The van der Waals surface area contributed by atoms with E-state index in [4.69, 9.17) is 11.6 Å². The standard InChI is InChI=1S/C21H15ClN8O5/c1-11-5-7-13-15(25-11)3-2-4-16(13)26-19-18(30(34)35)20(24-10-23-19)27-28-21(31)12-6-8-14(22)17(9-12)29(32)33/h2-10H,1H3,(H,28,31)(H2,23,24,26,27). The van der Waals surface area contributed by atoms with E-state index >= 15 is 0 Å². The first-order valence-corrected chi connectivity index (χ1v) is 10.3. The van der Waals surface area contributed by atoms with Crippen molar-refractivity contribution in [2.45, 2.75) is 6.92 Å². The van der Waals surface area contributed by atoms with E-state index in [1.54, 1.807) is 12.1 Å². The summed E-state index contributed by atoms with van der Waals surface area (Å²) in [5.74, 6) is -1.24. The Labute approximate surface area is 201 Å². The van der Waals surface area contributed by atoms with E-state index in [1.165, 1.54) is 12.1 Å². The van der Waals surface area contributed by atoms with Gasteiger partial charge in [0, 0.05) is 28.4 Å². The van der Waals surface area contributed by atoms with Crippen molar-refractivity contribution in [1.82, 2.24) is 20.4 Å². The molecule has 0 aliphatic heterocycles. The molecule has 0 bridgehead atoms. The molecule has 176 valence electrons. The van der Waals surface area contributed by atoms with E-state index in [1.807, 2.05) is 25.1 Å². The molecule has 0 atom stereocenters. The van der Waals surface area contributed by atoms with Crippen LogP contribution in [0.5, 0.6) is 0 Å². The number of halogens is 1. The fraction of sp³-hybridized carbons (Fsp3) is 0.0476. The SMILES string of the molecule is Cc1ccc2c(Nc3ncnc(NNC(=O)c4ccc(Cl)c([N+](=O)[O-])c4)c3[N+](=O)[O-])cccc2n1. The Hall–Kier alpha value is -4.91. The summed E-state index contributed by atoms with van der Waals surface area (Å²) < 4.78 is 0. The maximum Gasteiger partial charge on any atom is 0.355 e. The molecule has 0 spiro atoms. The van der Waals surface area contributed by atoms with Gasteiger partial charge in [0.1, 0.15) is 11.3 Å². The number of benzene rings is 2. The molecule has 1 amide bonds. The molecule has 2 aromatic carbocycles. The molecule has 0 unspecified atom stereocenters. The summed E-state index contributed by atoms with van der Waals surface area (Å²) in [6.07, 6.45) is 1.07. The molecular weight excluding hydrogens is 480 g/mol. The highest BCUT2D eigenvalue weighted by Crippen LogP contribution is 2.33. The summed E-state index contributed by atoms with van der Waals surface area (Å²) >= 11 is 5.76. The van der Waals surface area contributed by atoms with Crippen molar-refractivity contribution in [2.24, 2.45) is 0 Å². The lowest BCUT2D eigenvalue weighted by molar-refractivity contribution is -0.384. The second kappa shape index (κ2) is 9.52. The van der Waals surface area contributed by atoms with E-state index < -0.39 is 27.1 Å². The highest BCUT2D eigenvalue weighted by molar-refractivity contribution is 6.32. The van der Waals surface area contributed by atoms with Gasteiger partial charge in [-0.3, -0.25) is 40.9 Å². The number of fused-ring (bicyclic) bond motifs is 1. The minimum atomic E-state index is -0.803. The van der Waals surface area contributed by atoms with Gasteiger partial charge in [-0.2, -0.15) is 0 Å². The molecule has 2 aromatic heterocycles. The van der Waals surface area contributed by atoms with E-state index in [0.29, 0.717) is 11.2 Å². The molecule has 14 heteroatoms. The Morgan fingerprint density at radius 2 is 1.77 bits per heavy atom. The van der Waals surface area contributed by atoms with E-state index in [9.17, 15) is 25.0 Å². The first-order valence-electron chi connectivity index (χ1n) is 9.87. The third-order valence-electron chi connectivity index (χ3n) is 4.83. The molecule has 0 saturated carbocycles. The summed E-state index contributed by atoms with van der Waals surface area (Å²) in [5, 5.41) is 26.4. The Morgan fingerprint density at radius 3 is 2.51 bits per heavy atom. The lowest BCUT2D eigenvalue weighted by Gasteiger charge is -2.12. The van der Waals surface area contributed by atoms with Crippen LogP contribution in [-0.2, 0) is 0 Å². The van der Waals surface area contributed by atoms with Crippen LogP contribution in [0.1, 0.15) is 16.1 Å². The number of hydrazine groups is 1. The highest BCUT2D eigenvalue weighted by atomic mass is 35.5. The molecule has 0 radical (unpaired) electrons. The lowest BCUT2D eigenvalue weighted by atomic mass is 10.1. The molecule has 2 heterocycles. The molecule has 0 saturated heterocycles. The van der Waals surface area contributed by atoms with E-state index in [2.05, 4.69) is 31.1 Å². The van der Waals surface area contributed by atoms with Gasteiger partial charge in [0.25, 0.3) is 11.6 Å². The predicted octanol–water partition coefficient (Wildman–Crippen LogP) is 4.30. The average molecular weight is 495 g/mol. The van der Waals surface area contributed by atoms with Gasteiger partial charge in [-0.25, -0.2) is 9.97 Å². The molecule has 4 aromatic rings. The molecule has 35 heavy (non-hydrogen) atoms. The quantitative estimate of drug-likeness (QED) is 0.247. The number of rotatable bonds is 7. The summed E-state index contributed by atoms with van der Waals surface area (Å²) in [4.78, 5) is 46.2.